The minimum atomic E-state index is -4.53. The molecule has 1 heterocycles. The first kappa shape index (κ1) is 23.1. The standard InChI is InChI=1S/C21H23F3N2O4S/c1-30-18-7-2-16(3-8-18)4-11-20(27)25-12-14-26(15-13-25)31(28,29)19-9-5-17(6-10-19)21(22,23)24/h2-3,5-10H,4,11-15H2,1H3. The SMILES string of the molecule is COc1ccc(CCC(=O)N2CCN(S(=O)(=O)c3ccc(C(F)(F)F)cc3)CC2)cc1. The number of piperazine rings is 1. The lowest BCUT2D eigenvalue weighted by Crippen LogP contribution is -2.50. The van der Waals surface area contributed by atoms with Gasteiger partial charge in [-0.2, -0.15) is 17.5 Å². The summed E-state index contributed by atoms with van der Waals surface area (Å²) in [5.74, 6) is 0.669. The van der Waals surface area contributed by atoms with Gasteiger partial charge in [0.15, 0.2) is 0 Å². The molecule has 168 valence electrons. The van der Waals surface area contributed by atoms with Crippen LogP contribution in [-0.4, -0.2) is 56.8 Å². The fourth-order valence-electron chi connectivity index (χ4n) is 3.34. The van der Waals surface area contributed by atoms with Crippen molar-refractivity contribution in [1.82, 2.24) is 9.21 Å². The van der Waals surface area contributed by atoms with Gasteiger partial charge in [-0.25, -0.2) is 8.42 Å². The summed E-state index contributed by atoms with van der Waals surface area (Å²) in [6.07, 6.45) is -3.66. The number of aryl methyl sites for hydroxylation is 1. The van der Waals surface area contributed by atoms with Crippen LogP contribution in [0.2, 0.25) is 0 Å². The van der Waals surface area contributed by atoms with Gasteiger partial charge in [0.1, 0.15) is 5.75 Å². The van der Waals surface area contributed by atoms with Crippen molar-refractivity contribution in [2.24, 2.45) is 0 Å². The van der Waals surface area contributed by atoms with Crippen molar-refractivity contribution in [3.8, 4) is 5.75 Å². The smallest absolute Gasteiger partial charge is 0.416 e. The van der Waals surface area contributed by atoms with Gasteiger partial charge in [-0.3, -0.25) is 4.79 Å². The van der Waals surface area contributed by atoms with E-state index in [0.717, 1.165) is 35.6 Å². The third kappa shape index (κ3) is 5.56. The lowest BCUT2D eigenvalue weighted by Gasteiger charge is -2.34. The first-order chi connectivity index (χ1) is 14.6. The van der Waals surface area contributed by atoms with Gasteiger partial charge in [0.25, 0.3) is 0 Å². The zero-order valence-corrected chi connectivity index (χ0v) is 17.7. The van der Waals surface area contributed by atoms with E-state index in [0.29, 0.717) is 12.8 Å². The van der Waals surface area contributed by atoms with Gasteiger partial charge in [-0.15, -0.1) is 0 Å². The van der Waals surface area contributed by atoms with E-state index < -0.39 is 21.8 Å². The molecule has 0 aliphatic carbocycles. The summed E-state index contributed by atoms with van der Waals surface area (Å²) in [4.78, 5) is 13.9. The zero-order chi connectivity index (χ0) is 22.6. The summed E-state index contributed by atoms with van der Waals surface area (Å²) in [5.41, 5.74) is 0.0939. The first-order valence-electron chi connectivity index (χ1n) is 9.69. The Morgan fingerprint density at radius 1 is 0.968 bits per heavy atom. The Kier molecular flexibility index (Phi) is 6.90. The molecule has 0 unspecified atom stereocenters. The number of sulfonamides is 1. The maximum atomic E-state index is 12.7. The summed E-state index contributed by atoms with van der Waals surface area (Å²) >= 11 is 0. The van der Waals surface area contributed by atoms with Crippen LogP contribution in [0.4, 0.5) is 13.2 Å². The fraction of sp³-hybridized carbons (Fsp3) is 0.381. The van der Waals surface area contributed by atoms with E-state index in [-0.39, 0.29) is 37.0 Å². The Morgan fingerprint density at radius 3 is 2.06 bits per heavy atom. The maximum absolute atomic E-state index is 12.7. The normalized spacial score (nSPS) is 15.7. The molecule has 1 saturated heterocycles. The number of rotatable bonds is 6. The summed E-state index contributed by atoms with van der Waals surface area (Å²) in [7, 11) is -2.34. The minimum absolute atomic E-state index is 0.0672. The predicted molar refractivity (Wildman–Crippen MR) is 108 cm³/mol. The monoisotopic (exact) mass is 456 g/mol. The number of methoxy groups -OCH3 is 1. The van der Waals surface area contributed by atoms with Crippen LogP contribution in [0.3, 0.4) is 0 Å². The van der Waals surface area contributed by atoms with Gasteiger partial charge >= 0.3 is 6.18 Å². The van der Waals surface area contributed by atoms with Gasteiger partial charge in [-0.05, 0) is 48.4 Å². The Hall–Kier alpha value is -2.59. The molecule has 31 heavy (non-hydrogen) atoms. The van der Waals surface area contributed by atoms with Gasteiger partial charge in [0, 0.05) is 32.6 Å². The molecule has 1 aliphatic rings. The molecular formula is C21H23F3N2O4S. The third-order valence-electron chi connectivity index (χ3n) is 5.20. The molecule has 0 radical (unpaired) electrons. The Balaban J connectivity index is 1.54. The topological polar surface area (TPSA) is 66.9 Å². The lowest BCUT2D eigenvalue weighted by atomic mass is 10.1. The van der Waals surface area contributed by atoms with Crippen LogP contribution in [0, 0.1) is 0 Å². The van der Waals surface area contributed by atoms with E-state index in [9.17, 15) is 26.4 Å². The number of hydrogen-bond donors (Lipinski definition) is 0. The molecule has 0 N–H and O–H groups in total. The molecular weight excluding hydrogens is 433 g/mol. The molecule has 1 amide bonds. The molecule has 0 bridgehead atoms. The second-order valence-corrected chi connectivity index (χ2v) is 9.09. The molecule has 2 aromatic carbocycles. The van der Waals surface area contributed by atoms with E-state index in [1.54, 1.807) is 12.0 Å². The molecule has 0 spiro atoms. The van der Waals surface area contributed by atoms with Crippen LogP contribution in [0.1, 0.15) is 17.5 Å². The minimum Gasteiger partial charge on any atom is -0.497 e. The Labute approximate surface area is 179 Å². The molecule has 2 aromatic rings. The third-order valence-corrected chi connectivity index (χ3v) is 7.11. The number of ether oxygens (including phenoxy) is 1. The van der Waals surface area contributed by atoms with Gasteiger partial charge in [0.05, 0.1) is 17.6 Å². The molecule has 3 rings (SSSR count). The highest BCUT2D eigenvalue weighted by Crippen LogP contribution is 2.30. The van der Waals surface area contributed by atoms with Crippen LogP contribution < -0.4 is 4.74 Å². The molecule has 1 fully saturated rings. The van der Waals surface area contributed by atoms with Crippen LogP contribution >= 0.6 is 0 Å². The largest absolute Gasteiger partial charge is 0.497 e. The van der Waals surface area contributed by atoms with Crippen molar-refractivity contribution in [2.45, 2.75) is 23.9 Å². The van der Waals surface area contributed by atoms with E-state index in [4.69, 9.17) is 4.74 Å². The highest BCUT2D eigenvalue weighted by molar-refractivity contribution is 7.89. The molecule has 0 saturated carbocycles. The van der Waals surface area contributed by atoms with Crippen molar-refractivity contribution in [2.75, 3.05) is 33.3 Å². The van der Waals surface area contributed by atoms with Crippen molar-refractivity contribution < 1.29 is 31.1 Å². The van der Waals surface area contributed by atoms with Crippen LogP contribution in [0.5, 0.6) is 5.75 Å². The quantitative estimate of drug-likeness (QED) is 0.670. The van der Waals surface area contributed by atoms with Crippen molar-refractivity contribution in [3.05, 3.63) is 59.7 Å². The van der Waals surface area contributed by atoms with Crippen molar-refractivity contribution in [3.63, 3.8) is 0 Å². The lowest BCUT2D eigenvalue weighted by molar-refractivity contribution is -0.137. The molecule has 0 atom stereocenters. The molecule has 10 heteroatoms. The van der Waals surface area contributed by atoms with Crippen LogP contribution in [0.25, 0.3) is 0 Å². The number of amides is 1. The van der Waals surface area contributed by atoms with Gasteiger partial charge < -0.3 is 9.64 Å². The first-order valence-corrected chi connectivity index (χ1v) is 11.1. The Morgan fingerprint density at radius 2 is 1.55 bits per heavy atom. The number of alkyl halides is 3. The molecule has 0 aromatic heterocycles. The summed E-state index contributed by atoms with van der Waals surface area (Å²) < 4.78 is 69.8. The summed E-state index contributed by atoms with van der Waals surface area (Å²) in [6, 6.07) is 10.9. The van der Waals surface area contributed by atoms with Crippen LogP contribution in [-0.2, 0) is 27.4 Å². The number of carbonyl (C=O) groups is 1. The van der Waals surface area contributed by atoms with Gasteiger partial charge in [-0.1, -0.05) is 12.1 Å². The predicted octanol–water partition coefficient (Wildman–Crippen LogP) is 3.18. The second kappa shape index (κ2) is 9.27. The maximum Gasteiger partial charge on any atom is 0.416 e. The van der Waals surface area contributed by atoms with E-state index >= 15 is 0 Å². The summed E-state index contributed by atoms with van der Waals surface area (Å²) in [6.45, 7) is 0.665. The fourth-order valence-corrected chi connectivity index (χ4v) is 4.77. The Bertz CT molecular complexity index is 998. The number of carbonyl (C=O) groups excluding carboxylic acids is 1. The highest BCUT2D eigenvalue weighted by Gasteiger charge is 2.33. The zero-order valence-electron chi connectivity index (χ0n) is 16.9. The van der Waals surface area contributed by atoms with E-state index in [1.807, 2.05) is 24.3 Å². The second-order valence-electron chi connectivity index (χ2n) is 7.16. The van der Waals surface area contributed by atoms with Gasteiger partial charge in [0.2, 0.25) is 15.9 Å². The average Bonchev–Trinajstić information content (AvgIpc) is 2.77. The van der Waals surface area contributed by atoms with Crippen molar-refractivity contribution >= 4 is 15.9 Å². The van der Waals surface area contributed by atoms with Crippen molar-refractivity contribution in [1.29, 1.82) is 0 Å². The number of halogens is 3. The number of hydrogen-bond acceptors (Lipinski definition) is 4. The summed E-state index contributed by atoms with van der Waals surface area (Å²) in [5, 5.41) is 0. The molecule has 6 nitrogen and oxygen atoms in total. The number of nitrogens with zero attached hydrogens (tertiary/aromatic N) is 2. The molecule has 1 aliphatic heterocycles. The van der Waals surface area contributed by atoms with Crippen LogP contribution in [0.15, 0.2) is 53.4 Å². The van der Waals surface area contributed by atoms with E-state index in [1.165, 1.54) is 4.31 Å². The average molecular weight is 456 g/mol. The highest BCUT2D eigenvalue weighted by atomic mass is 32.2. The number of benzene rings is 2. The van der Waals surface area contributed by atoms with E-state index in [2.05, 4.69) is 0 Å².